The van der Waals surface area contributed by atoms with Gasteiger partial charge in [-0.3, -0.25) is 12.9 Å². The molecule has 0 saturated carbocycles. The Bertz CT molecular complexity index is 4160. The fourth-order valence-electron chi connectivity index (χ4n) is 13.1. The van der Waals surface area contributed by atoms with Gasteiger partial charge in [-0.2, -0.15) is 0 Å². The van der Waals surface area contributed by atoms with Crippen molar-refractivity contribution in [3.05, 3.63) is 140 Å². The van der Waals surface area contributed by atoms with E-state index in [4.69, 9.17) is 13.6 Å². The van der Waals surface area contributed by atoms with Gasteiger partial charge in [0.25, 0.3) is 13.4 Å². The summed E-state index contributed by atoms with van der Waals surface area (Å²) in [5.74, 6) is 1.69. The van der Waals surface area contributed by atoms with Crippen molar-refractivity contribution in [2.45, 2.75) is 14.7 Å². The van der Waals surface area contributed by atoms with Crippen molar-refractivity contribution in [2.75, 3.05) is 60.7 Å². The predicted octanol–water partition coefficient (Wildman–Crippen LogP) is 11.0. The molecule has 0 spiro atoms. The summed E-state index contributed by atoms with van der Waals surface area (Å²) in [4.78, 5) is 6.02. The van der Waals surface area contributed by atoms with Crippen molar-refractivity contribution in [1.29, 1.82) is 0 Å². The minimum Gasteiger partial charge on any atom is -0.468 e. The summed E-state index contributed by atoms with van der Waals surface area (Å²) in [7, 11) is 0. The topological polar surface area (TPSA) is 60.5 Å². The lowest BCUT2D eigenvalue weighted by atomic mass is 9.30. The maximum absolute atomic E-state index is 7.23. The highest BCUT2D eigenvalue weighted by Gasteiger charge is 2.51. The van der Waals surface area contributed by atoms with Crippen molar-refractivity contribution >= 4 is 225 Å². The Hall–Kier alpha value is -6.07. The van der Waals surface area contributed by atoms with E-state index in [9.17, 15) is 0 Å². The highest BCUT2D eigenvalue weighted by Crippen LogP contribution is 2.50. The molecule has 0 aliphatic carbocycles. The molecule has 2 aromatic heterocycles. The van der Waals surface area contributed by atoms with E-state index in [0.29, 0.717) is 0 Å². The number of hydrogen-bond donors (Lipinski definition) is 1. The molecular weight excluding hydrogens is 1040 g/mol. The molecule has 1 N–H and O–H groups in total. The van der Waals surface area contributed by atoms with Crippen molar-refractivity contribution in [3.8, 4) is 11.5 Å². The molecule has 0 bridgehead atoms. The second-order valence-corrected chi connectivity index (χ2v) is 24.3. The molecule has 8 aromatic carbocycles. The Balaban J connectivity index is 0.978. The van der Waals surface area contributed by atoms with E-state index in [2.05, 4.69) is 194 Å². The summed E-state index contributed by atoms with van der Waals surface area (Å²) in [5.41, 5.74) is 24.8. The number of nitrogens with one attached hydrogen (secondary N) is 1. The van der Waals surface area contributed by atoms with Gasteiger partial charge < -0.3 is 23.8 Å². The van der Waals surface area contributed by atoms with Crippen LogP contribution in [0, 0.1) is 0 Å². The SMILES string of the molecule is CSc1cc2c3c(c1)N(SC)c1cc4c(cc1B3c1oc3ccccc3c1O2)B1c2cc3c(cc2N(SC)c2cc(SC)cc(c21)N4SC)Nc1cc(SC)cc2c1B3c1oc3ccccc3c1N2c1ccccc1. The van der Waals surface area contributed by atoms with Crippen LogP contribution in [-0.4, -0.2) is 57.7 Å². The van der Waals surface area contributed by atoms with Gasteiger partial charge in [0.2, 0.25) is 0 Å². The minimum atomic E-state index is -0.200. The molecular formula is C58H42B3N5O3S6. The molecule has 362 valence electrons. The monoisotopic (exact) mass is 1080 g/mol. The van der Waals surface area contributed by atoms with E-state index >= 15 is 0 Å². The van der Waals surface area contributed by atoms with Crippen molar-refractivity contribution in [1.82, 2.24) is 0 Å². The van der Waals surface area contributed by atoms with Gasteiger partial charge in [0.15, 0.2) is 5.75 Å². The molecule has 0 fully saturated rings. The lowest BCUT2D eigenvalue weighted by molar-refractivity contribution is 0.481. The van der Waals surface area contributed by atoms with Crippen LogP contribution >= 0.6 is 71.1 Å². The fraction of sp³-hybridized carbons (Fsp3) is 0.103. The zero-order valence-corrected chi connectivity index (χ0v) is 46.4. The van der Waals surface area contributed by atoms with Crippen LogP contribution in [0.1, 0.15) is 0 Å². The molecule has 0 radical (unpaired) electrons. The van der Waals surface area contributed by atoms with Gasteiger partial charge in [-0.25, -0.2) is 0 Å². The molecule has 0 amide bonds. The number of fused-ring (bicyclic) bond motifs is 16. The van der Waals surface area contributed by atoms with Crippen LogP contribution in [0.3, 0.4) is 0 Å². The zero-order chi connectivity index (χ0) is 50.1. The van der Waals surface area contributed by atoms with Gasteiger partial charge in [-0.15, -0.1) is 35.3 Å². The van der Waals surface area contributed by atoms with Crippen LogP contribution in [-0.2, 0) is 0 Å². The summed E-state index contributed by atoms with van der Waals surface area (Å²) >= 11 is 10.6. The number of rotatable bonds is 7. The number of furan rings is 2. The molecule has 0 atom stereocenters. The largest absolute Gasteiger partial charge is 0.468 e. The molecule has 8 heterocycles. The number of benzene rings is 8. The van der Waals surface area contributed by atoms with E-state index in [1.54, 1.807) is 71.1 Å². The Morgan fingerprint density at radius 1 is 0.427 bits per heavy atom. The molecule has 10 aromatic rings. The highest BCUT2D eigenvalue weighted by atomic mass is 32.2. The fourth-order valence-corrected chi connectivity index (χ4v) is 16.6. The average Bonchev–Trinajstić information content (AvgIpc) is 4.05. The molecule has 0 saturated heterocycles. The van der Waals surface area contributed by atoms with E-state index in [1.807, 2.05) is 6.07 Å². The minimum absolute atomic E-state index is 0.116. The molecule has 16 rings (SSSR count). The molecule has 0 unspecified atom stereocenters. The predicted molar refractivity (Wildman–Crippen MR) is 333 cm³/mol. The third-order valence-corrected chi connectivity index (χ3v) is 20.4. The molecule has 17 heteroatoms. The number of para-hydroxylation sites is 3. The molecule has 8 nitrogen and oxygen atoms in total. The van der Waals surface area contributed by atoms with Crippen LogP contribution in [0.15, 0.2) is 163 Å². The lowest BCUT2D eigenvalue weighted by Crippen LogP contribution is -2.65. The number of nitrogens with zero attached hydrogens (tertiary/aromatic N) is 4. The summed E-state index contributed by atoms with van der Waals surface area (Å²) in [6, 6.07) is 51.8. The van der Waals surface area contributed by atoms with Gasteiger partial charge in [0.05, 0.1) is 33.8 Å². The normalized spacial score (nSPS) is 14.6. The van der Waals surface area contributed by atoms with Gasteiger partial charge in [0.1, 0.15) is 22.6 Å². The maximum Gasteiger partial charge on any atom is 0.301 e. The number of ether oxygens (including phenoxy) is 1. The van der Waals surface area contributed by atoms with Gasteiger partial charge in [-0.05, 0) is 172 Å². The van der Waals surface area contributed by atoms with Gasteiger partial charge in [-0.1, -0.05) is 54.6 Å². The Morgan fingerprint density at radius 2 is 0.960 bits per heavy atom. The first-order valence-electron chi connectivity index (χ1n) is 24.8. The summed E-state index contributed by atoms with van der Waals surface area (Å²) in [6.45, 7) is -0.499. The van der Waals surface area contributed by atoms with Crippen molar-refractivity contribution in [2.24, 2.45) is 0 Å². The van der Waals surface area contributed by atoms with Gasteiger partial charge in [0, 0.05) is 84.1 Å². The second-order valence-electron chi connectivity index (χ2n) is 19.4. The quantitative estimate of drug-likeness (QED) is 0.0936. The standard InChI is InChI=1S/C58H42B3N5O3S6/c1-70-31-20-41-52-45(21-31)63(30-14-8-7-9-15-30)55-34-16-10-12-18-49(34)68-57(55)60(52)36-26-37-42(28-40(36)62-41)64(73-4)46-22-32(71-2)23-47-53(46)59(37)38-27-39-44(29-43(38)65(47)74-5)66(75-6)48-24-33(72-3)25-51-54(48)61(39)58-56(67-51)35-17-11-13-19-50(35)69-58/h7-29,62H,1-6H3. The number of anilines is 11. The first-order chi connectivity index (χ1) is 36.9. The molecule has 6 aliphatic heterocycles. The van der Waals surface area contributed by atoms with E-state index in [0.717, 1.165) is 89.2 Å². The van der Waals surface area contributed by atoms with E-state index in [-0.39, 0.29) is 20.1 Å². The second kappa shape index (κ2) is 16.7. The zero-order valence-electron chi connectivity index (χ0n) is 41.5. The van der Waals surface area contributed by atoms with Crippen LogP contribution in [0.5, 0.6) is 11.5 Å². The van der Waals surface area contributed by atoms with E-state index in [1.165, 1.54) is 71.0 Å². The first-order valence-corrected chi connectivity index (χ1v) is 32.0. The third-order valence-electron chi connectivity index (χ3n) is 16.0. The van der Waals surface area contributed by atoms with Gasteiger partial charge >= 0.3 is 6.71 Å². The van der Waals surface area contributed by atoms with E-state index < -0.39 is 0 Å². The van der Waals surface area contributed by atoms with Crippen molar-refractivity contribution < 1.29 is 13.6 Å². The van der Waals surface area contributed by atoms with Crippen LogP contribution in [0.25, 0.3) is 21.9 Å². The maximum atomic E-state index is 7.23. The lowest BCUT2D eigenvalue weighted by Gasteiger charge is -2.45. The van der Waals surface area contributed by atoms with Crippen LogP contribution in [0.2, 0.25) is 0 Å². The number of hydrogen-bond acceptors (Lipinski definition) is 14. The molecule has 75 heavy (non-hydrogen) atoms. The first kappa shape index (κ1) is 45.2. The summed E-state index contributed by atoms with van der Waals surface area (Å²) in [5, 5.41) is 6.17. The van der Waals surface area contributed by atoms with Crippen LogP contribution in [0.4, 0.5) is 62.6 Å². The van der Waals surface area contributed by atoms with Crippen molar-refractivity contribution in [3.63, 3.8) is 0 Å². The Morgan fingerprint density at radius 3 is 1.64 bits per heavy atom. The smallest absolute Gasteiger partial charge is 0.301 e. The Labute approximate surface area is 461 Å². The summed E-state index contributed by atoms with van der Waals surface area (Å²) < 4.78 is 28.6. The highest BCUT2D eigenvalue weighted by molar-refractivity contribution is 8.01. The summed E-state index contributed by atoms with van der Waals surface area (Å²) in [6.07, 6.45) is 13.1. The third kappa shape index (κ3) is 6.11. The molecule has 6 aliphatic rings. The Kier molecular flexibility index (Phi) is 10.1. The van der Waals surface area contributed by atoms with Crippen LogP contribution < -0.4 is 77.4 Å². The number of thioether (sulfide) groups is 3. The average molecular weight is 1080 g/mol.